The number of hydrogen-bond donors (Lipinski definition) is 1. The number of nitrogens with zero attached hydrogens (tertiary/aromatic N) is 2. The van der Waals surface area contributed by atoms with E-state index in [-0.39, 0.29) is 6.10 Å². The molecule has 0 amide bonds. The quantitative estimate of drug-likeness (QED) is 0.851. The lowest BCUT2D eigenvalue weighted by Crippen LogP contribution is -2.21. The maximum atomic E-state index is 9.54. The van der Waals surface area contributed by atoms with Gasteiger partial charge >= 0.3 is 0 Å². The minimum atomic E-state index is -0.150. The molecule has 3 nitrogen and oxygen atoms in total. The predicted octanol–water partition coefficient (Wildman–Crippen LogP) is 1.80. The summed E-state index contributed by atoms with van der Waals surface area (Å²) < 4.78 is 0. The number of benzene rings is 1. The van der Waals surface area contributed by atoms with E-state index >= 15 is 0 Å². The van der Waals surface area contributed by atoms with Crippen LogP contribution < -0.4 is 0 Å². The molecule has 0 saturated carbocycles. The molecule has 0 radical (unpaired) electrons. The van der Waals surface area contributed by atoms with E-state index in [9.17, 15) is 5.11 Å². The van der Waals surface area contributed by atoms with Crippen LogP contribution in [0, 0.1) is 0 Å². The Kier molecular flexibility index (Phi) is 2.79. The highest BCUT2D eigenvalue weighted by atomic mass is 16.3. The fourth-order valence-corrected chi connectivity index (χ4v) is 2.49. The maximum absolute atomic E-state index is 9.54. The third-order valence-corrected chi connectivity index (χ3v) is 3.38. The van der Waals surface area contributed by atoms with Crippen molar-refractivity contribution in [2.24, 2.45) is 0 Å². The molecule has 3 heteroatoms. The number of β-amino-alcohol motifs (C(OH)–C–C–N with tert-alkyl or cyclic N) is 1. The third-order valence-electron chi connectivity index (χ3n) is 3.38. The number of rotatable bonds is 2. The van der Waals surface area contributed by atoms with Crippen LogP contribution in [0.3, 0.4) is 0 Å². The van der Waals surface area contributed by atoms with E-state index in [0.29, 0.717) is 0 Å². The molecule has 0 aliphatic carbocycles. The molecule has 1 saturated heterocycles. The number of fused-ring (bicyclic) bond motifs is 1. The second-order valence-electron chi connectivity index (χ2n) is 4.66. The van der Waals surface area contributed by atoms with Crippen molar-refractivity contribution >= 4 is 10.9 Å². The maximum Gasteiger partial charge on any atom is 0.0705 e. The first-order valence-electron chi connectivity index (χ1n) is 6.06. The Labute approximate surface area is 101 Å². The Bertz CT molecular complexity index is 521. The molecule has 0 spiro atoms. The van der Waals surface area contributed by atoms with Gasteiger partial charge in [0.1, 0.15) is 0 Å². The van der Waals surface area contributed by atoms with Crippen LogP contribution in [0.25, 0.3) is 10.9 Å². The van der Waals surface area contributed by atoms with Gasteiger partial charge in [-0.25, -0.2) is 0 Å². The molecule has 88 valence electrons. The van der Waals surface area contributed by atoms with Crippen LogP contribution >= 0.6 is 0 Å². The summed E-state index contributed by atoms with van der Waals surface area (Å²) in [6, 6.07) is 10.3. The Balaban J connectivity index is 1.90. The summed E-state index contributed by atoms with van der Waals surface area (Å²) in [5, 5.41) is 10.8. The van der Waals surface area contributed by atoms with Gasteiger partial charge in [-0.1, -0.05) is 18.2 Å². The van der Waals surface area contributed by atoms with Crippen molar-refractivity contribution in [2.75, 3.05) is 13.1 Å². The van der Waals surface area contributed by atoms with Crippen molar-refractivity contribution in [1.82, 2.24) is 9.88 Å². The number of aliphatic hydroxyl groups excluding tert-OH is 1. The van der Waals surface area contributed by atoms with E-state index < -0.39 is 0 Å². The highest BCUT2D eigenvalue weighted by molar-refractivity contribution is 5.81. The largest absolute Gasteiger partial charge is 0.392 e. The van der Waals surface area contributed by atoms with Gasteiger partial charge < -0.3 is 5.11 Å². The molecule has 2 aromatic rings. The Morgan fingerprint density at radius 3 is 3.00 bits per heavy atom. The number of aromatic nitrogens is 1. The topological polar surface area (TPSA) is 36.4 Å². The van der Waals surface area contributed by atoms with E-state index in [1.54, 1.807) is 0 Å². The molecule has 1 N–H and O–H groups in total. The van der Waals surface area contributed by atoms with Gasteiger partial charge in [-0.2, -0.15) is 0 Å². The van der Waals surface area contributed by atoms with Gasteiger partial charge in [0.05, 0.1) is 11.6 Å². The van der Waals surface area contributed by atoms with Gasteiger partial charge in [0.25, 0.3) is 0 Å². The van der Waals surface area contributed by atoms with Gasteiger partial charge in [0, 0.05) is 31.2 Å². The molecule has 0 bridgehead atoms. The molecule has 3 rings (SSSR count). The third kappa shape index (κ3) is 2.16. The van der Waals surface area contributed by atoms with Crippen molar-refractivity contribution in [3.8, 4) is 0 Å². The minimum Gasteiger partial charge on any atom is -0.392 e. The molecule has 1 aliphatic heterocycles. The average molecular weight is 228 g/mol. The molecule has 1 aromatic heterocycles. The normalized spacial score (nSPS) is 21.1. The van der Waals surface area contributed by atoms with Crippen LogP contribution in [0.5, 0.6) is 0 Å². The summed E-state index contributed by atoms with van der Waals surface area (Å²) in [6.45, 7) is 2.68. The predicted molar refractivity (Wildman–Crippen MR) is 67.6 cm³/mol. The fourth-order valence-electron chi connectivity index (χ4n) is 2.49. The summed E-state index contributed by atoms with van der Waals surface area (Å²) in [5.41, 5.74) is 2.34. The summed E-state index contributed by atoms with van der Waals surface area (Å²) in [5.74, 6) is 0. The molecular formula is C14H16N2O. The molecule has 1 unspecified atom stereocenters. The number of aliphatic hydroxyl groups is 1. The Morgan fingerprint density at radius 2 is 2.18 bits per heavy atom. The summed E-state index contributed by atoms with van der Waals surface area (Å²) in [7, 11) is 0. The second kappa shape index (κ2) is 4.43. The zero-order valence-corrected chi connectivity index (χ0v) is 9.71. The SMILES string of the molecule is OC1CCN(Cc2ccnc3ccccc23)C1. The number of pyridine rings is 1. The van der Waals surface area contributed by atoms with Crippen LogP contribution in [-0.2, 0) is 6.54 Å². The van der Waals surface area contributed by atoms with Crippen molar-refractivity contribution in [2.45, 2.75) is 19.1 Å². The Morgan fingerprint density at radius 1 is 1.29 bits per heavy atom. The molecule has 1 fully saturated rings. The second-order valence-corrected chi connectivity index (χ2v) is 4.66. The number of hydrogen-bond acceptors (Lipinski definition) is 3. The standard InChI is InChI=1S/C14H16N2O/c17-12-6-8-16(10-12)9-11-5-7-15-14-4-2-1-3-13(11)14/h1-5,7,12,17H,6,8-10H2. The van der Waals surface area contributed by atoms with Crippen molar-refractivity contribution < 1.29 is 5.11 Å². The summed E-state index contributed by atoms with van der Waals surface area (Å²) in [4.78, 5) is 6.66. The van der Waals surface area contributed by atoms with Crippen LogP contribution in [0.15, 0.2) is 36.5 Å². The highest BCUT2D eigenvalue weighted by Gasteiger charge is 2.20. The van der Waals surface area contributed by atoms with E-state index in [1.165, 1.54) is 10.9 Å². The Hall–Kier alpha value is -1.45. The first-order chi connectivity index (χ1) is 8.33. The molecule has 1 aliphatic rings. The average Bonchev–Trinajstić information content (AvgIpc) is 2.75. The van der Waals surface area contributed by atoms with E-state index in [2.05, 4.69) is 22.0 Å². The number of likely N-dealkylation sites (tertiary alicyclic amines) is 1. The lowest BCUT2D eigenvalue weighted by Gasteiger charge is -2.16. The van der Waals surface area contributed by atoms with Crippen LogP contribution in [0.2, 0.25) is 0 Å². The minimum absolute atomic E-state index is 0.150. The van der Waals surface area contributed by atoms with Crippen LogP contribution in [0.4, 0.5) is 0 Å². The van der Waals surface area contributed by atoms with Crippen LogP contribution in [-0.4, -0.2) is 34.2 Å². The van der Waals surface area contributed by atoms with Gasteiger partial charge in [0.15, 0.2) is 0 Å². The molecule has 1 aromatic carbocycles. The van der Waals surface area contributed by atoms with Gasteiger partial charge in [-0.05, 0) is 24.1 Å². The van der Waals surface area contributed by atoms with Crippen molar-refractivity contribution in [3.63, 3.8) is 0 Å². The van der Waals surface area contributed by atoms with Gasteiger partial charge in [0.2, 0.25) is 0 Å². The fraction of sp³-hybridized carbons (Fsp3) is 0.357. The van der Waals surface area contributed by atoms with E-state index in [1.807, 2.05) is 24.4 Å². The zero-order chi connectivity index (χ0) is 11.7. The number of para-hydroxylation sites is 1. The summed E-state index contributed by atoms with van der Waals surface area (Å²) >= 11 is 0. The van der Waals surface area contributed by atoms with Crippen molar-refractivity contribution in [1.29, 1.82) is 0 Å². The molecule has 17 heavy (non-hydrogen) atoms. The lowest BCUT2D eigenvalue weighted by atomic mass is 10.1. The van der Waals surface area contributed by atoms with Crippen LogP contribution in [0.1, 0.15) is 12.0 Å². The molecule has 2 heterocycles. The van der Waals surface area contributed by atoms with E-state index in [0.717, 1.165) is 31.6 Å². The zero-order valence-electron chi connectivity index (χ0n) is 9.71. The smallest absolute Gasteiger partial charge is 0.0705 e. The summed E-state index contributed by atoms with van der Waals surface area (Å²) in [6.07, 6.45) is 2.61. The lowest BCUT2D eigenvalue weighted by molar-refractivity contribution is 0.175. The first kappa shape index (κ1) is 10.7. The van der Waals surface area contributed by atoms with Gasteiger partial charge in [-0.3, -0.25) is 9.88 Å². The van der Waals surface area contributed by atoms with Gasteiger partial charge in [-0.15, -0.1) is 0 Å². The monoisotopic (exact) mass is 228 g/mol. The van der Waals surface area contributed by atoms with E-state index in [4.69, 9.17) is 0 Å². The molecule has 1 atom stereocenters. The van der Waals surface area contributed by atoms with Crippen molar-refractivity contribution in [3.05, 3.63) is 42.1 Å². The molecular weight excluding hydrogens is 212 g/mol. The highest BCUT2D eigenvalue weighted by Crippen LogP contribution is 2.20. The first-order valence-corrected chi connectivity index (χ1v) is 6.06.